The monoisotopic (exact) mass is 372 g/mol. The molecule has 0 aromatic heterocycles. The summed E-state index contributed by atoms with van der Waals surface area (Å²) in [4.78, 5) is 11.4. The van der Waals surface area contributed by atoms with E-state index in [1.54, 1.807) is 0 Å². The van der Waals surface area contributed by atoms with Gasteiger partial charge in [-0.25, -0.2) is 0 Å². The van der Waals surface area contributed by atoms with E-state index < -0.39 is 10.1 Å². The molecule has 7 heteroatoms. The van der Waals surface area contributed by atoms with Crippen LogP contribution in [0.4, 0.5) is 0 Å². The third-order valence-electron chi connectivity index (χ3n) is 3.45. The van der Waals surface area contributed by atoms with E-state index in [-0.39, 0.29) is 54.3 Å². The van der Waals surface area contributed by atoms with Crippen LogP contribution in [0.25, 0.3) is 0 Å². The zero-order valence-corrected chi connectivity index (χ0v) is 15.2. The Kier molecular flexibility index (Phi) is 19.7. The standard InChI is InChI=1S/C17H32O5S.Na.H/c1-2-3-4-5-6-7-8-9-10-11-12-14-17(18)22-15-13-16-23(19,20)21;;/h5-6H,2-4,7-16H2,1H3,(H,19,20,21);;. The summed E-state index contributed by atoms with van der Waals surface area (Å²) in [6.45, 7) is 2.24. The van der Waals surface area contributed by atoms with Crippen molar-refractivity contribution in [3.05, 3.63) is 12.2 Å². The summed E-state index contributed by atoms with van der Waals surface area (Å²) in [5.41, 5.74) is 0. The molecule has 1 N–H and O–H groups in total. The molecule has 0 aromatic carbocycles. The van der Waals surface area contributed by atoms with Crippen LogP contribution in [-0.4, -0.2) is 60.9 Å². The Morgan fingerprint density at radius 3 is 2.17 bits per heavy atom. The van der Waals surface area contributed by atoms with E-state index in [9.17, 15) is 13.2 Å². The molecular formula is C17H33NaO5S. The van der Waals surface area contributed by atoms with Gasteiger partial charge in [0.1, 0.15) is 0 Å². The molecule has 0 radical (unpaired) electrons. The molecule has 0 heterocycles. The van der Waals surface area contributed by atoms with Crippen LogP contribution in [0.5, 0.6) is 0 Å². The van der Waals surface area contributed by atoms with E-state index in [1.165, 1.54) is 32.1 Å². The van der Waals surface area contributed by atoms with Crippen LogP contribution in [0.3, 0.4) is 0 Å². The summed E-state index contributed by atoms with van der Waals surface area (Å²) in [6.07, 6.45) is 15.2. The van der Waals surface area contributed by atoms with E-state index in [1.807, 2.05) is 0 Å². The van der Waals surface area contributed by atoms with Crippen molar-refractivity contribution >= 4 is 45.6 Å². The van der Waals surface area contributed by atoms with E-state index in [4.69, 9.17) is 9.29 Å². The fourth-order valence-electron chi connectivity index (χ4n) is 2.12. The Hall–Kier alpha value is 0.120. The van der Waals surface area contributed by atoms with Gasteiger partial charge in [0.05, 0.1) is 12.4 Å². The Morgan fingerprint density at radius 1 is 0.958 bits per heavy atom. The topological polar surface area (TPSA) is 80.7 Å². The first-order valence-electron chi connectivity index (χ1n) is 8.71. The van der Waals surface area contributed by atoms with Gasteiger partial charge in [-0.2, -0.15) is 8.42 Å². The van der Waals surface area contributed by atoms with Gasteiger partial charge in [-0.05, 0) is 32.1 Å². The van der Waals surface area contributed by atoms with Crippen LogP contribution in [0.2, 0.25) is 0 Å². The predicted molar refractivity (Wildman–Crippen MR) is 100 cm³/mol. The number of allylic oxidation sites excluding steroid dienone is 2. The predicted octanol–water partition coefficient (Wildman–Crippen LogP) is 3.64. The number of hydrogen-bond acceptors (Lipinski definition) is 4. The van der Waals surface area contributed by atoms with Crippen molar-refractivity contribution in [3.63, 3.8) is 0 Å². The van der Waals surface area contributed by atoms with Gasteiger partial charge in [-0.1, -0.05) is 51.2 Å². The summed E-state index contributed by atoms with van der Waals surface area (Å²) in [7, 11) is -3.96. The van der Waals surface area contributed by atoms with E-state index in [2.05, 4.69) is 19.1 Å². The van der Waals surface area contributed by atoms with E-state index in [0.29, 0.717) is 6.42 Å². The van der Waals surface area contributed by atoms with Crippen LogP contribution >= 0.6 is 0 Å². The summed E-state index contributed by atoms with van der Waals surface area (Å²) < 4.78 is 34.4. The number of rotatable bonds is 15. The molecule has 138 valence electrons. The summed E-state index contributed by atoms with van der Waals surface area (Å²) >= 11 is 0. The van der Waals surface area contributed by atoms with Crippen molar-refractivity contribution in [1.29, 1.82) is 0 Å². The molecule has 0 spiro atoms. The first kappa shape index (κ1) is 26.4. The average Bonchev–Trinajstić information content (AvgIpc) is 2.48. The fraction of sp³-hybridized carbons (Fsp3) is 0.824. The maximum absolute atomic E-state index is 11.4. The van der Waals surface area contributed by atoms with E-state index in [0.717, 1.165) is 25.7 Å². The summed E-state index contributed by atoms with van der Waals surface area (Å²) in [6, 6.07) is 0. The van der Waals surface area contributed by atoms with Crippen LogP contribution < -0.4 is 0 Å². The van der Waals surface area contributed by atoms with Crippen molar-refractivity contribution in [2.24, 2.45) is 0 Å². The number of carbonyl (C=O) groups is 1. The third-order valence-corrected chi connectivity index (χ3v) is 4.26. The van der Waals surface area contributed by atoms with Crippen LogP contribution in [0, 0.1) is 0 Å². The van der Waals surface area contributed by atoms with Crippen molar-refractivity contribution in [1.82, 2.24) is 0 Å². The Morgan fingerprint density at radius 2 is 1.54 bits per heavy atom. The zero-order chi connectivity index (χ0) is 17.4. The van der Waals surface area contributed by atoms with Crippen LogP contribution in [-0.2, 0) is 19.6 Å². The SMILES string of the molecule is CCCCC=CCCCCCCCC(=O)OCCCS(=O)(=O)O.[NaH]. The summed E-state index contributed by atoms with van der Waals surface area (Å²) in [5.74, 6) is -0.660. The van der Waals surface area contributed by atoms with Gasteiger partial charge in [0.2, 0.25) is 0 Å². The number of esters is 1. The molecule has 0 saturated heterocycles. The van der Waals surface area contributed by atoms with Gasteiger partial charge in [0, 0.05) is 6.42 Å². The minimum atomic E-state index is -3.96. The number of unbranched alkanes of at least 4 members (excludes halogenated alkanes) is 7. The first-order chi connectivity index (χ1) is 11.0. The fourth-order valence-corrected chi connectivity index (χ4v) is 2.60. The quantitative estimate of drug-likeness (QED) is 0.156. The van der Waals surface area contributed by atoms with Gasteiger partial charge < -0.3 is 4.74 Å². The molecule has 0 rings (SSSR count). The first-order valence-corrected chi connectivity index (χ1v) is 10.3. The van der Waals surface area contributed by atoms with Crippen molar-refractivity contribution in [2.75, 3.05) is 12.4 Å². The molecule has 24 heavy (non-hydrogen) atoms. The minimum absolute atomic E-state index is 0. The Labute approximate surface area is 169 Å². The molecule has 0 amide bonds. The van der Waals surface area contributed by atoms with Gasteiger partial charge >= 0.3 is 35.5 Å². The molecule has 0 atom stereocenters. The molecule has 0 fully saturated rings. The molecule has 0 aliphatic rings. The number of carbonyl (C=O) groups excluding carboxylic acids is 1. The molecule has 0 aliphatic carbocycles. The molecule has 0 aliphatic heterocycles. The molecular weight excluding hydrogens is 339 g/mol. The second-order valence-corrected chi connectivity index (χ2v) is 7.35. The second kappa shape index (κ2) is 17.9. The normalized spacial score (nSPS) is 11.4. The Balaban J connectivity index is 0. The third kappa shape index (κ3) is 22.1. The zero-order valence-electron chi connectivity index (χ0n) is 14.3. The van der Waals surface area contributed by atoms with Crippen molar-refractivity contribution in [3.8, 4) is 0 Å². The summed E-state index contributed by atoms with van der Waals surface area (Å²) in [5, 5.41) is 0. The average molecular weight is 373 g/mol. The maximum atomic E-state index is 11.4. The van der Waals surface area contributed by atoms with Gasteiger partial charge in [0.15, 0.2) is 0 Å². The van der Waals surface area contributed by atoms with Gasteiger partial charge in [-0.15, -0.1) is 0 Å². The molecule has 0 unspecified atom stereocenters. The van der Waals surface area contributed by atoms with Gasteiger partial charge in [-0.3, -0.25) is 9.35 Å². The van der Waals surface area contributed by atoms with Crippen molar-refractivity contribution < 1.29 is 22.5 Å². The van der Waals surface area contributed by atoms with E-state index >= 15 is 0 Å². The van der Waals surface area contributed by atoms with Crippen LogP contribution in [0.15, 0.2) is 12.2 Å². The molecule has 0 saturated carbocycles. The molecule has 0 aromatic rings. The van der Waals surface area contributed by atoms with Crippen molar-refractivity contribution in [2.45, 2.75) is 77.6 Å². The second-order valence-electron chi connectivity index (χ2n) is 5.78. The Bertz CT molecular complexity index is 421. The van der Waals surface area contributed by atoms with Crippen LogP contribution in [0.1, 0.15) is 77.6 Å². The number of ether oxygens (including phenoxy) is 1. The van der Waals surface area contributed by atoms with Gasteiger partial charge in [0.25, 0.3) is 10.1 Å². The molecule has 0 bridgehead atoms. The number of hydrogen-bond donors (Lipinski definition) is 1. The molecule has 5 nitrogen and oxygen atoms in total.